The van der Waals surface area contributed by atoms with Gasteiger partial charge in [-0.05, 0) is 43.5 Å². The largest absolute Gasteiger partial charge is 0.497 e. The molecule has 1 aromatic carbocycles. The fraction of sp³-hybridized carbons (Fsp3) is 0.588. The predicted octanol–water partition coefficient (Wildman–Crippen LogP) is 2.40. The summed E-state index contributed by atoms with van der Waals surface area (Å²) < 4.78 is 30.4. The molecule has 0 heterocycles. The first-order valence-electron chi connectivity index (χ1n) is 8.06. The number of hydrogen-bond acceptors (Lipinski definition) is 4. The Labute approximate surface area is 145 Å². The molecule has 0 bridgehead atoms. The zero-order chi connectivity index (χ0) is 18.3. The standard InChI is InChI=1S/C17H28N2O4S/c1-13(2)14(3)18-17(20)7-6-12-19(24(5,21)22)15-8-10-16(23-4)11-9-15/h8-11,13-14H,6-7,12H2,1-5H3,(H,18,20). The van der Waals surface area contributed by atoms with Crippen molar-refractivity contribution in [2.75, 3.05) is 24.2 Å². The average Bonchev–Trinajstić information content (AvgIpc) is 2.50. The number of carbonyl (C=O) groups excluding carboxylic acids is 1. The van der Waals surface area contributed by atoms with Gasteiger partial charge in [0.1, 0.15) is 5.75 Å². The lowest BCUT2D eigenvalue weighted by atomic mass is 10.1. The van der Waals surface area contributed by atoms with Gasteiger partial charge in [-0.2, -0.15) is 0 Å². The molecule has 0 aliphatic heterocycles. The second-order valence-electron chi connectivity index (χ2n) is 6.24. The molecule has 0 fully saturated rings. The van der Waals surface area contributed by atoms with Gasteiger partial charge >= 0.3 is 0 Å². The van der Waals surface area contributed by atoms with Gasteiger partial charge in [-0.1, -0.05) is 13.8 Å². The van der Waals surface area contributed by atoms with E-state index in [1.54, 1.807) is 31.4 Å². The molecule has 1 aromatic rings. The van der Waals surface area contributed by atoms with Gasteiger partial charge in [0, 0.05) is 19.0 Å². The summed E-state index contributed by atoms with van der Waals surface area (Å²) in [4.78, 5) is 11.9. The minimum atomic E-state index is -3.41. The highest BCUT2D eigenvalue weighted by molar-refractivity contribution is 7.92. The molecule has 136 valence electrons. The van der Waals surface area contributed by atoms with Gasteiger partial charge < -0.3 is 10.1 Å². The van der Waals surface area contributed by atoms with Crippen molar-refractivity contribution in [2.24, 2.45) is 5.92 Å². The summed E-state index contributed by atoms with van der Waals surface area (Å²) in [7, 11) is -1.86. The molecule has 1 amide bonds. The van der Waals surface area contributed by atoms with Gasteiger partial charge in [0.15, 0.2) is 0 Å². The molecule has 1 N–H and O–H groups in total. The second kappa shape index (κ2) is 8.92. The third kappa shape index (κ3) is 6.39. The molecular formula is C17H28N2O4S. The number of methoxy groups -OCH3 is 1. The van der Waals surface area contributed by atoms with E-state index in [0.717, 1.165) is 6.26 Å². The Morgan fingerprint density at radius 1 is 1.21 bits per heavy atom. The summed E-state index contributed by atoms with van der Waals surface area (Å²) in [5.41, 5.74) is 0.564. The maximum Gasteiger partial charge on any atom is 0.232 e. The van der Waals surface area contributed by atoms with Gasteiger partial charge in [-0.25, -0.2) is 8.42 Å². The van der Waals surface area contributed by atoms with E-state index in [4.69, 9.17) is 4.74 Å². The topological polar surface area (TPSA) is 75.7 Å². The van der Waals surface area contributed by atoms with Crippen molar-refractivity contribution in [3.8, 4) is 5.75 Å². The van der Waals surface area contributed by atoms with Crippen LogP contribution in [0, 0.1) is 5.92 Å². The predicted molar refractivity (Wildman–Crippen MR) is 96.9 cm³/mol. The van der Waals surface area contributed by atoms with Crippen LogP contribution in [0.2, 0.25) is 0 Å². The number of ether oxygens (including phenoxy) is 1. The smallest absolute Gasteiger partial charge is 0.232 e. The monoisotopic (exact) mass is 356 g/mol. The first-order chi connectivity index (χ1) is 11.1. The molecule has 1 atom stereocenters. The van der Waals surface area contributed by atoms with Crippen molar-refractivity contribution in [2.45, 2.75) is 39.7 Å². The molecule has 0 aliphatic carbocycles. The van der Waals surface area contributed by atoms with Crippen molar-refractivity contribution in [3.05, 3.63) is 24.3 Å². The number of anilines is 1. The van der Waals surface area contributed by atoms with Crippen LogP contribution in [0.4, 0.5) is 5.69 Å². The highest BCUT2D eigenvalue weighted by Crippen LogP contribution is 2.21. The van der Waals surface area contributed by atoms with E-state index < -0.39 is 10.0 Å². The van der Waals surface area contributed by atoms with Crippen LogP contribution >= 0.6 is 0 Å². The van der Waals surface area contributed by atoms with E-state index in [9.17, 15) is 13.2 Å². The lowest BCUT2D eigenvalue weighted by Crippen LogP contribution is -2.37. The van der Waals surface area contributed by atoms with Crippen molar-refractivity contribution >= 4 is 21.6 Å². The number of benzene rings is 1. The third-order valence-corrected chi connectivity index (χ3v) is 5.11. The van der Waals surface area contributed by atoms with E-state index in [1.807, 2.05) is 20.8 Å². The van der Waals surface area contributed by atoms with Crippen molar-refractivity contribution in [1.82, 2.24) is 5.32 Å². The number of nitrogens with zero attached hydrogens (tertiary/aromatic N) is 1. The van der Waals surface area contributed by atoms with E-state index in [0.29, 0.717) is 30.2 Å². The molecule has 6 nitrogen and oxygen atoms in total. The number of nitrogens with one attached hydrogen (secondary N) is 1. The molecule has 0 saturated carbocycles. The Balaban J connectivity index is 2.66. The second-order valence-corrected chi connectivity index (χ2v) is 8.14. The molecule has 0 spiro atoms. The molecule has 0 aromatic heterocycles. The number of carbonyl (C=O) groups is 1. The van der Waals surface area contributed by atoms with E-state index >= 15 is 0 Å². The Morgan fingerprint density at radius 3 is 2.25 bits per heavy atom. The number of rotatable bonds is 9. The molecule has 1 unspecified atom stereocenters. The Bertz CT molecular complexity index is 626. The zero-order valence-electron chi connectivity index (χ0n) is 15.1. The quantitative estimate of drug-likeness (QED) is 0.737. The van der Waals surface area contributed by atoms with Crippen LogP contribution in [0.3, 0.4) is 0 Å². The number of amides is 1. The summed E-state index contributed by atoms with van der Waals surface area (Å²) in [6.45, 7) is 6.30. The molecular weight excluding hydrogens is 328 g/mol. The van der Waals surface area contributed by atoms with Crippen LogP contribution in [-0.4, -0.2) is 40.3 Å². The SMILES string of the molecule is COc1ccc(N(CCCC(=O)NC(C)C(C)C)S(C)(=O)=O)cc1. The first kappa shape index (κ1) is 20.3. The Kier molecular flexibility index (Phi) is 7.54. The fourth-order valence-electron chi connectivity index (χ4n) is 2.11. The van der Waals surface area contributed by atoms with Gasteiger partial charge in [0.05, 0.1) is 19.1 Å². The lowest BCUT2D eigenvalue weighted by Gasteiger charge is -2.23. The number of hydrogen-bond donors (Lipinski definition) is 1. The van der Waals surface area contributed by atoms with E-state index in [1.165, 1.54) is 4.31 Å². The van der Waals surface area contributed by atoms with Gasteiger partial charge in [-0.15, -0.1) is 0 Å². The summed E-state index contributed by atoms with van der Waals surface area (Å²) in [6.07, 6.45) is 1.91. The van der Waals surface area contributed by atoms with Crippen LogP contribution in [0.1, 0.15) is 33.6 Å². The minimum absolute atomic E-state index is 0.0561. The normalized spacial score (nSPS) is 12.8. The van der Waals surface area contributed by atoms with Crippen molar-refractivity contribution < 1.29 is 17.9 Å². The van der Waals surface area contributed by atoms with E-state index in [-0.39, 0.29) is 18.5 Å². The maximum absolute atomic E-state index is 12.0. The summed E-state index contributed by atoms with van der Waals surface area (Å²) in [5, 5.41) is 2.92. The average molecular weight is 356 g/mol. The third-order valence-electron chi connectivity index (χ3n) is 3.91. The van der Waals surface area contributed by atoms with Crippen LogP contribution in [-0.2, 0) is 14.8 Å². The summed E-state index contributed by atoms with van der Waals surface area (Å²) in [5.74, 6) is 0.967. The van der Waals surface area contributed by atoms with Crippen LogP contribution < -0.4 is 14.4 Å². The van der Waals surface area contributed by atoms with Crippen molar-refractivity contribution in [3.63, 3.8) is 0 Å². The van der Waals surface area contributed by atoms with Crippen LogP contribution in [0.5, 0.6) is 5.75 Å². The minimum Gasteiger partial charge on any atom is -0.497 e. The molecule has 24 heavy (non-hydrogen) atoms. The summed E-state index contributed by atoms with van der Waals surface area (Å²) >= 11 is 0. The maximum atomic E-state index is 12.0. The molecule has 0 saturated heterocycles. The van der Waals surface area contributed by atoms with Gasteiger partial charge in [0.2, 0.25) is 15.9 Å². The Morgan fingerprint density at radius 2 is 1.79 bits per heavy atom. The van der Waals surface area contributed by atoms with E-state index in [2.05, 4.69) is 5.32 Å². The molecule has 7 heteroatoms. The zero-order valence-corrected chi connectivity index (χ0v) is 15.9. The van der Waals surface area contributed by atoms with Gasteiger partial charge in [-0.3, -0.25) is 9.10 Å². The molecule has 1 rings (SSSR count). The lowest BCUT2D eigenvalue weighted by molar-refractivity contribution is -0.122. The van der Waals surface area contributed by atoms with Crippen LogP contribution in [0.15, 0.2) is 24.3 Å². The molecule has 0 aliphatic rings. The first-order valence-corrected chi connectivity index (χ1v) is 9.91. The van der Waals surface area contributed by atoms with Gasteiger partial charge in [0.25, 0.3) is 0 Å². The molecule has 0 radical (unpaired) electrons. The number of sulfonamides is 1. The summed E-state index contributed by atoms with van der Waals surface area (Å²) in [6, 6.07) is 6.92. The highest BCUT2D eigenvalue weighted by atomic mass is 32.2. The Hall–Kier alpha value is -1.76. The highest BCUT2D eigenvalue weighted by Gasteiger charge is 2.18. The fourth-order valence-corrected chi connectivity index (χ4v) is 3.08. The van der Waals surface area contributed by atoms with Crippen molar-refractivity contribution in [1.29, 1.82) is 0 Å². The van der Waals surface area contributed by atoms with Crippen LogP contribution in [0.25, 0.3) is 0 Å².